The van der Waals surface area contributed by atoms with Gasteiger partial charge in [-0.25, -0.2) is 9.97 Å². The first-order valence-corrected chi connectivity index (χ1v) is 7.93. The number of nitrogens with one attached hydrogen (secondary N) is 1. The predicted molar refractivity (Wildman–Crippen MR) is 83.9 cm³/mol. The Morgan fingerprint density at radius 3 is 2.40 bits per heavy atom. The highest BCUT2D eigenvalue weighted by Gasteiger charge is 2.29. The number of hydrogen-bond acceptors (Lipinski definition) is 4. The quantitative estimate of drug-likeness (QED) is 0.811. The Kier molecular flexibility index (Phi) is 5.35. The summed E-state index contributed by atoms with van der Waals surface area (Å²) in [5, 5.41) is 3.38. The molecule has 0 atom stereocenters. The summed E-state index contributed by atoms with van der Waals surface area (Å²) in [5.41, 5.74) is 1.68. The second-order valence-corrected chi connectivity index (χ2v) is 6.22. The maximum absolute atomic E-state index is 4.53. The normalized spacial score (nSPS) is 18.2. The molecular formula is C16H28N4. The van der Waals surface area contributed by atoms with Crippen LogP contribution in [0.3, 0.4) is 0 Å². The van der Waals surface area contributed by atoms with Crippen LogP contribution in [0.15, 0.2) is 12.4 Å². The lowest BCUT2D eigenvalue weighted by molar-refractivity contribution is 0.237. The summed E-state index contributed by atoms with van der Waals surface area (Å²) >= 11 is 0. The van der Waals surface area contributed by atoms with Gasteiger partial charge in [-0.15, -0.1) is 0 Å². The molecule has 1 N–H and O–H groups in total. The second-order valence-electron chi connectivity index (χ2n) is 6.22. The van der Waals surface area contributed by atoms with Gasteiger partial charge in [0.2, 0.25) is 5.95 Å². The van der Waals surface area contributed by atoms with Crippen LogP contribution < -0.4 is 10.2 Å². The molecule has 1 aliphatic heterocycles. The maximum Gasteiger partial charge on any atom is 0.225 e. The molecule has 20 heavy (non-hydrogen) atoms. The van der Waals surface area contributed by atoms with Gasteiger partial charge in [0.05, 0.1) is 0 Å². The topological polar surface area (TPSA) is 41.1 Å². The minimum atomic E-state index is 0.514. The molecule has 1 aliphatic rings. The Labute approximate surface area is 123 Å². The minimum absolute atomic E-state index is 0.514. The highest BCUT2D eigenvalue weighted by Crippen LogP contribution is 2.34. The Bertz CT molecular complexity index is 393. The predicted octanol–water partition coefficient (Wildman–Crippen LogP) is 2.99. The number of hydrogen-bond donors (Lipinski definition) is 1. The van der Waals surface area contributed by atoms with Crippen LogP contribution in [0, 0.1) is 5.41 Å². The highest BCUT2D eigenvalue weighted by atomic mass is 15.2. The van der Waals surface area contributed by atoms with E-state index in [1.807, 2.05) is 12.4 Å². The first-order chi connectivity index (χ1) is 9.67. The maximum atomic E-state index is 4.53. The molecule has 1 saturated heterocycles. The number of anilines is 1. The van der Waals surface area contributed by atoms with E-state index in [9.17, 15) is 0 Å². The van der Waals surface area contributed by atoms with Crippen molar-refractivity contribution in [3.8, 4) is 0 Å². The molecule has 4 heteroatoms. The first kappa shape index (κ1) is 15.2. The van der Waals surface area contributed by atoms with E-state index in [2.05, 4.69) is 41.0 Å². The first-order valence-electron chi connectivity index (χ1n) is 7.93. The minimum Gasteiger partial charge on any atom is -0.341 e. The van der Waals surface area contributed by atoms with Gasteiger partial charge in [-0.3, -0.25) is 0 Å². The lowest BCUT2D eigenvalue weighted by atomic mass is 9.78. The summed E-state index contributed by atoms with van der Waals surface area (Å²) in [6.07, 6.45) is 8.82. The summed E-state index contributed by atoms with van der Waals surface area (Å²) in [6, 6.07) is 0. The zero-order valence-corrected chi connectivity index (χ0v) is 13.2. The van der Waals surface area contributed by atoms with Crippen molar-refractivity contribution in [3.63, 3.8) is 0 Å². The Morgan fingerprint density at radius 1 is 1.20 bits per heavy atom. The molecule has 0 saturated carbocycles. The third-order valence-corrected chi connectivity index (χ3v) is 4.55. The van der Waals surface area contributed by atoms with Crippen molar-refractivity contribution >= 4 is 5.95 Å². The fourth-order valence-electron chi connectivity index (χ4n) is 2.61. The van der Waals surface area contributed by atoms with E-state index in [4.69, 9.17) is 0 Å². The van der Waals surface area contributed by atoms with Crippen molar-refractivity contribution in [1.82, 2.24) is 15.3 Å². The molecule has 0 spiro atoms. The molecule has 0 aromatic carbocycles. The zero-order chi connectivity index (χ0) is 14.4. The molecular weight excluding hydrogens is 248 g/mol. The fraction of sp³-hybridized carbons (Fsp3) is 0.750. The molecule has 112 valence electrons. The van der Waals surface area contributed by atoms with Crippen molar-refractivity contribution in [2.45, 2.75) is 53.0 Å². The van der Waals surface area contributed by atoms with Gasteiger partial charge in [-0.1, -0.05) is 27.2 Å². The molecule has 0 unspecified atom stereocenters. The van der Waals surface area contributed by atoms with E-state index in [-0.39, 0.29) is 0 Å². The fourth-order valence-corrected chi connectivity index (χ4v) is 2.61. The molecule has 1 aromatic rings. The molecule has 2 rings (SSSR count). The van der Waals surface area contributed by atoms with Crippen LogP contribution >= 0.6 is 0 Å². The van der Waals surface area contributed by atoms with Crippen LogP contribution in [-0.4, -0.2) is 29.6 Å². The molecule has 0 aliphatic carbocycles. The molecule has 4 nitrogen and oxygen atoms in total. The molecule has 0 radical (unpaired) electrons. The summed E-state index contributed by atoms with van der Waals surface area (Å²) in [4.78, 5) is 11.4. The van der Waals surface area contributed by atoms with Crippen molar-refractivity contribution in [3.05, 3.63) is 18.0 Å². The van der Waals surface area contributed by atoms with Gasteiger partial charge in [-0.2, -0.15) is 0 Å². The lowest BCUT2D eigenvalue weighted by Gasteiger charge is -2.38. The number of rotatable bonds is 6. The zero-order valence-electron chi connectivity index (χ0n) is 13.2. The van der Waals surface area contributed by atoms with Crippen LogP contribution in [0.1, 0.15) is 52.0 Å². The van der Waals surface area contributed by atoms with Crippen LogP contribution in [0.2, 0.25) is 0 Å². The van der Waals surface area contributed by atoms with Crippen LogP contribution in [-0.2, 0) is 6.54 Å². The van der Waals surface area contributed by atoms with Crippen LogP contribution in [0.4, 0.5) is 5.95 Å². The van der Waals surface area contributed by atoms with E-state index in [1.54, 1.807) is 0 Å². The van der Waals surface area contributed by atoms with E-state index >= 15 is 0 Å². The van der Waals surface area contributed by atoms with Gasteiger partial charge in [-0.05, 0) is 31.2 Å². The Morgan fingerprint density at radius 2 is 1.85 bits per heavy atom. The molecule has 2 heterocycles. The highest BCUT2D eigenvalue weighted by molar-refractivity contribution is 5.30. The van der Waals surface area contributed by atoms with Crippen LogP contribution in [0.5, 0.6) is 0 Å². The van der Waals surface area contributed by atoms with Gasteiger partial charge in [0, 0.05) is 37.6 Å². The largest absolute Gasteiger partial charge is 0.341 e. The van der Waals surface area contributed by atoms with E-state index in [1.165, 1.54) is 19.3 Å². The molecule has 1 aromatic heterocycles. The van der Waals surface area contributed by atoms with Crippen molar-refractivity contribution in [2.75, 3.05) is 24.5 Å². The SMILES string of the molecule is CCCNCc1cnc(N2CCC(C)(CC)CC2)nc1. The van der Waals surface area contributed by atoms with Gasteiger partial charge in [0.25, 0.3) is 0 Å². The molecule has 1 fully saturated rings. The van der Waals surface area contributed by atoms with Crippen molar-refractivity contribution in [1.29, 1.82) is 0 Å². The third-order valence-electron chi connectivity index (χ3n) is 4.55. The summed E-state index contributed by atoms with van der Waals surface area (Å²) < 4.78 is 0. The van der Waals surface area contributed by atoms with Gasteiger partial charge < -0.3 is 10.2 Å². The third kappa shape index (κ3) is 3.92. The molecule has 0 amide bonds. The number of aromatic nitrogens is 2. The monoisotopic (exact) mass is 276 g/mol. The summed E-state index contributed by atoms with van der Waals surface area (Å²) in [7, 11) is 0. The van der Waals surface area contributed by atoms with Gasteiger partial charge in [0.1, 0.15) is 0 Å². The number of piperidine rings is 1. The van der Waals surface area contributed by atoms with E-state index in [0.29, 0.717) is 5.41 Å². The van der Waals surface area contributed by atoms with Gasteiger partial charge >= 0.3 is 0 Å². The van der Waals surface area contributed by atoms with E-state index < -0.39 is 0 Å². The average molecular weight is 276 g/mol. The van der Waals surface area contributed by atoms with Crippen molar-refractivity contribution < 1.29 is 0 Å². The number of nitrogens with zero attached hydrogens (tertiary/aromatic N) is 3. The van der Waals surface area contributed by atoms with Gasteiger partial charge in [0.15, 0.2) is 0 Å². The smallest absolute Gasteiger partial charge is 0.225 e. The second kappa shape index (κ2) is 7.02. The van der Waals surface area contributed by atoms with Crippen LogP contribution in [0.25, 0.3) is 0 Å². The Balaban J connectivity index is 1.87. The summed E-state index contributed by atoms with van der Waals surface area (Å²) in [5.74, 6) is 0.891. The van der Waals surface area contributed by atoms with Crippen molar-refractivity contribution in [2.24, 2.45) is 5.41 Å². The average Bonchev–Trinajstić information content (AvgIpc) is 2.49. The summed E-state index contributed by atoms with van der Waals surface area (Å²) in [6.45, 7) is 10.9. The standard InChI is InChI=1S/C16H28N4/c1-4-8-17-11-14-12-18-15(19-13-14)20-9-6-16(3,5-2)7-10-20/h12-13,17H,4-11H2,1-3H3. The lowest BCUT2D eigenvalue weighted by Crippen LogP contribution is -2.39. The Hall–Kier alpha value is -1.16. The molecule has 0 bridgehead atoms. The van der Waals surface area contributed by atoms with E-state index in [0.717, 1.165) is 44.1 Å².